The number of likely N-dealkylation sites (N-methyl/N-ethyl adjacent to an activating group) is 1. The summed E-state index contributed by atoms with van der Waals surface area (Å²) in [5, 5.41) is 9.01. The quantitative estimate of drug-likeness (QED) is 0.429. The number of primary amides is 1. The van der Waals surface area contributed by atoms with Gasteiger partial charge < -0.3 is 26.6 Å². The molecule has 9 nitrogen and oxygen atoms in total. The molecule has 0 fully saturated rings. The van der Waals surface area contributed by atoms with Crippen LogP contribution in [0.25, 0.3) is 0 Å². The lowest BCUT2D eigenvalue weighted by Crippen LogP contribution is -2.41. The van der Waals surface area contributed by atoms with Gasteiger partial charge in [-0.2, -0.15) is 0 Å². The fourth-order valence-corrected chi connectivity index (χ4v) is 2.97. The van der Waals surface area contributed by atoms with E-state index in [9.17, 15) is 9.59 Å². The van der Waals surface area contributed by atoms with Gasteiger partial charge in [-0.15, -0.1) is 0 Å². The zero-order chi connectivity index (χ0) is 23.0. The number of rotatable bonds is 11. The van der Waals surface area contributed by atoms with E-state index in [-0.39, 0.29) is 17.6 Å². The van der Waals surface area contributed by atoms with Gasteiger partial charge in [0, 0.05) is 25.8 Å². The molecular weight excluding hydrogens is 394 g/mol. The number of nitrogens with one attached hydrogen (secondary N) is 3. The number of aromatic nitrogens is 2. The molecule has 0 aliphatic heterocycles. The van der Waals surface area contributed by atoms with Crippen molar-refractivity contribution in [2.24, 2.45) is 5.73 Å². The van der Waals surface area contributed by atoms with Gasteiger partial charge in [-0.3, -0.25) is 9.59 Å². The first-order valence-electron chi connectivity index (χ1n) is 10.5. The molecular formula is C22H33N7O2. The molecule has 0 saturated carbocycles. The minimum absolute atomic E-state index is 0.0401. The Labute approximate surface area is 183 Å². The predicted octanol–water partition coefficient (Wildman–Crippen LogP) is 1.60. The number of nitrogens with two attached hydrogens (primary N) is 1. The predicted molar refractivity (Wildman–Crippen MR) is 124 cm³/mol. The molecule has 1 aromatic carbocycles. The van der Waals surface area contributed by atoms with Crippen molar-refractivity contribution in [3.05, 3.63) is 41.2 Å². The molecule has 0 bridgehead atoms. The van der Waals surface area contributed by atoms with Gasteiger partial charge in [-0.05, 0) is 51.4 Å². The third kappa shape index (κ3) is 6.39. The van der Waals surface area contributed by atoms with Gasteiger partial charge in [0.1, 0.15) is 0 Å². The fourth-order valence-electron chi connectivity index (χ4n) is 2.97. The summed E-state index contributed by atoms with van der Waals surface area (Å²) >= 11 is 0. The molecule has 0 saturated heterocycles. The van der Waals surface area contributed by atoms with Crippen molar-refractivity contribution in [2.45, 2.75) is 39.7 Å². The molecule has 5 N–H and O–H groups in total. The van der Waals surface area contributed by atoms with Crippen LogP contribution >= 0.6 is 0 Å². The summed E-state index contributed by atoms with van der Waals surface area (Å²) in [5.74, 6) is 0.373. The molecule has 1 atom stereocenters. The Morgan fingerprint density at radius 2 is 1.97 bits per heavy atom. The first-order chi connectivity index (χ1) is 14.8. The molecule has 1 aromatic heterocycles. The number of amides is 2. The molecule has 0 aliphatic carbocycles. The summed E-state index contributed by atoms with van der Waals surface area (Å²) in [4.78, 5) is 35.0. The van der Waals surface area contributed by atoms with E-state index < -0.39 is 5.91 Å². The molecule has 9 heteroatoms. The van der Waals surface area contributed by atoms with Gasteiger partial charge >= 0.3 is 0 Å². The summed E-state index contributed by atoms with van der Waals surface area (Å²) in [6, 6.07) is 7.49. The molecule has 2 aromatic rings. The van der Waals surface area contributed by atoms with Crippen LogP contribution in [0.4, 0.5) is 17.3 Å². The number of hydrogen-bond donors (Lipinski definition) is 4. The van der Waals surface area contributed by atoms with Gasteiger partial charge in [-0.1, -0.05) is 19.1 Å². The third-order valence-corrected chi connectivity index (χ3v) is 5.08. The van der Waals surface area contributed by atoms with E-state index >= 15 is 0 Å². The summed E-state index contributed by atoms with van der Waals surface area (Å²) in [6.07, 6.45) is 1.31. The Kier molecular flexibility index (Phi) is 8.75. The van der Waals surface area contributed by atoms with Crippen LogP contribution in [0.5, 0.6) is 0 Å². The average molecular weight is 428 g/mol. The van der Waals surface area contributed by atoms with Crippen LogP contribution in [-0.2, 0) is 17.6 Å². The summed E-state index contributed by atoms with van der Waals surface area (Å²) in [7, 11) is 3.68. The van der Waals surface area contributed by atoms with Crippen molar-refractivity contribution in [1.29, 1.82) is 0 Å². The molecule has 1 unspecified atom stereocenters. The standard InChI is InChI=1S/C22H33N7O2/c1-6-17-21(29(5)7-2)28-20(18(27-17)19(23)30)26-16-10-8-9-15(13-16)11-12-25-22(31)14(3)24-4/h8-10,13-14,24H,6-7,11-12H2,1-5H3,(H2,23,30)(H,25,31)(H,26,28). The van der Waals surface area contributed by atoms with Gasteiger partial charge in [0.25, 0.3) is 5.91 Å². The highest BCUT2D eigenvalue weighted by atomic mass is 16.2. The second-order valence-electron chi connectivity index (χ2n) is 7.30. The maximum Gasteiger partial charge on any atom is 0.271 e. The molecule has 0 radical (unpaired) electrons. The van der Waals surface area contributed by atoms with Crippen LogP contribution in [-0.4, -0.2) is 55.0 Å². The Bertz CT molecular complexity index is 917. The molecule has 0 spiro atoms. The SMILES string of the molecule is CCc1nc(C(N)=O)c(Nc2cccc(CCNC(=O)C(C)NC)c2)nc1N(C)CC. The summed E-state index contributed by atoms with van der Waals surface area (Å²) in [6.45, 7) is 7.08. The maximum absolute atomic E-state index is 12.0. The largest absolute Gasteiger partial charge is 0.364 e. The normalized spacial score (nSPS) is 11.6. The Morgan fingerprint density at radius 3 is 2.58 bits per heavy atom. The first-order valence-corrected chi connectivity index (χ1v) is 10.5. The van der Waals surface area contributed by atoms with Crippen molar-refractivity contribution in [2.75, 3.05) is 37.4 Å². The zero-order valence-corrected chi connectivity index (χ0v) is 19.0. The number of aryl methyl sites for hydroxylation is 1. The monoisotopic (exact) mass is 427 g/mol. The van der Waals surface area contributed by atoms with Crippen molar-refractivity contribution in [3.8, 4) is 0 Å². The summed E-state index contributed by atoms with van der Waals surface area (Å²) < 4.78 is 0. The van der Waals surface area contributed by atoms with Gasteiger partial charge in [0.2, 0.25) is 5.91 Å². The average Bonchev–Trinajstić information content (AvgIpc) is 2.77. The minimum Gasteiger partial charge on any atom is -0.364 e. The van der Waals surface area contributed by atoms with Crippen molar-refractivity contribution in [1.82, 2.24) is 20.6 Å². The zero-order valence-electron chi connectivity index (χ0n) is 19.0. The van der Waals surface area contributed by atoms with Crippen LogP contribution in [0.2, 0.25) is 0 Å². The highest BCUT2D eigenvalue weighted by Gasteiger charge is 2.19. The number of carbonyl (C=O) groups is 2. The van der Waals surface area contributed by atoms with Gasteiger partial charge in [0.05, 0.1) is 11.7 Å². The van der Waals surface area contributed by atoms with E-state index in [0.29, 0.717) is 25.2 Å². The third-order valence-electron chi connectivity index (χ3n) is 5.08. The molecule has 2 amide bonds. The highest BCUT2D eigenvalue weighted by molar-refractivity contribution is 5.96. The van der Waals surface area contributed by atoms with Crippen molar-refractivity contribution >= 4 is 29.1 Å². The molecule has 2 rings (SSSR count). The number of benzene rings is 1. The van der Waals surface area contributed by atoms with E-state index in [4.69, 9.17) is 5.73 Å². The van der Waals surface area contributed by atoms with E-state index in [1.807, 2.05) is 57.0 Å². The molecule has 1 heterocycles. The minimum atomic E-state index is -0.632. The number of nitrogens with zero attached hydrogens (tertiary/aromatic N) is 3. The fraction of sp³-hybridized carbons (Fsp3) is 0.455. The van der Waals surface area contributed by atoms with Crippen LogP contribution in [0.1, 0.15) is 42.5 Å². The van der Waals surface area contributed by atoms with Crippen LogP contribution < -0.4 is 26.6 Å². The smallest absolute Gasteiger partial charge is 0.271 e. The molecule has 168 valence electrons. The van der Waals surface area contributed by atoms with E-state index in [1.165, 1.54) is 0 Å². The van der Waals surface area contributed by atoms with Crippen molar-refractivity contribution in [3.63, 3.8) is 0 Å². The lowest BCUT2D eigenvalue weighted by atomic mass is 10.1. The molecule has 0 aliphatic rings. The second kappa shape index (κ2) is 11.3. The van der Waals surface area contributed by atoms with Crippen molar-refractivity contribution < 1.29 is 9.59 Å². The lowest BCUT2D eigenvalue weighted by molar-refractivity contribution is -0.122. The van der Waals surface area contributed by atoms with Gasteiger partial charge in [-0.25, -0.2) is 9.97 Å². The lowest BCUT2D eigenvalue weighted by Gasteiger charge is -2.21. The van der Waals surface area contributed by atoms with Crippen LogP contribution in [0, 0.1) is 0 Å². The number of anilines is 3. The first kappa shape index (κ1) is 24.1. The number of hydrogen-bond acceptors (Lipinski definition) is 7. The van der Waals surface area contributed by atoms with E-state index in [1.54, 1.807) is 7.05 Å². The Morgan fingerprint density at radius 1 is 1.23 bits per heavy atom. The Hall–Kier alpha value is -3.20. The van der Waals surface area contributed by atoms with Crippen LogP contribution in [0.3, 0.4) is 0 Å². The van der Waals surface area contributed by atoms with E-state index in [2.05, 4.69) is 25.9 Å². The van der Waals surface area contributed by atoms with E-state index in [0.717, 1.165) is 29.3 Å². The van der Waals surface area contributed by atoms with Gasteiger partial charge in [0.15, 0.2) is 17.3 Å². The number of carbonyl (C=O) groups excluding carboxylic acids is 2. The molecule has 31 heavy (non-hydrogen) atoms. The Balaban J connectivity index is 2.22. The van der Waals surface area contributed by atoms with Crippen LogP contribution in [0.15, 0.2) is 24.3 Å². The maximum atomic E-state index is 12.0. The summed E-state index contributed by atoms with van der Waals surface area (Å²) in [5.41, 5.74) is 8.21. The topological polar surface area (TPSA) is 125 Å². The highest BCUT2D eigenvalue weighted by Crippen LogP contribution is 2.24. The second-order valence-corrected chi connectivity index (χ2v) is 7.30.